The summed E-state index contributed by atoms with van der Waals surface area (Å²) in [7, 11) is 4.07. The third-order valence-corrected chi connectivity index (χ3v) is 4.69. The van der Waals surface area contributed by atoms with E-state index >= 15 is 0 Å². The van der Waals surface area contributed by atoms with Crippen LogP contribution in [0.5, 0.6) is 0 Å². The number of amides is 1. The van der Waals surface area contributed by atoms with Gasteiger partial charge in [-0.3, -0.25) is 4.79 Å². The van der Waals surface area contributed by atoms with Crippen LogP contribution in [0.3, 0.4) is 0 Å². The zero-order chi connectivity index (χ0) is 14.3. The van der Waals surface area contributed by atoms with Crippen molar-refractivity contribution in [1.82, 2.24) is 9.80 Å². The summed E-state index contributed by atoms with van der Waals surface area (Å²) >= 11 is 1.74. The molecule has 0 saturated carbocycles. The highest BCUT2D eigenvalue weighted by Crippen LogP contribution is 2.18. The number of nitrogens with zero attached hydrogens (tertiary/aromatic N) is 2. The molecule has 0 aromatic carbocycles. The molecule has 1 aliphatic heterocycles. The summed E-state index contributed by atoms with van der Waals surface area (Å²) in [5, 5.41) is 0. The van der Waals surface area contributed by atoms with Gasteiger partial charge in [0, 0.05) is 19.6 Å². The lowest BCUT2D eigenvalue weighted by atomic mass is 10.00. The molecule has 1 unspecified atom stereocenters. The van der Waals surface area contributed by atoms with Crippen LogP contribution in [0.15, 0.2) is 0 Å². The molecule has 1 saturated heterocycles. The summed E-state index contributed by atoms with van der Waals surface area (Å²) in [6, 6.07) is 0.299. The maximum Gasteiger partial charge on any atom is 0.239 e. The van der Waals surface area contributed by atoms with Gasteiger partial charge in [-0.2, -0.15) is 11.8 Å². The molecule has 1 aliphatic rings. The maximum atomic E-state index is 12.1. The summed E-state index contributed by atoms with van der Waals surface area (Å²) in [5.41, 5.74) is 5.93. The van der Waals surface area contributed by atoms with Crippen molar-refractivity contribution < 1.29 is 4.79 Å². The van der Waals surface area contributed by atoms with Crippen LogP contribution in [-0.2, 0) is 4.79 Å². The zero-order valence-corrected chi connectivity index (χ0v) is 13.4. The van der Waals surface area contributed by atoms with Crippen molar-refractivity contribution in [2.24, 2.45) is 5.73 Å². The number of hydrogen-bond donors (Lipinski definition) is 1. The number of nitrogens with two attached hydrogens (primary N) is 1. The molecule has 4 nitrogen and oxygen atoms in total. The van der Waals surface area contributed by atoms with Crippen molar-refractivity contribution in [1.29, 1.82) is 0 Å². The van der Waals surface area contributed by atoms with Crippen molar-refractivity contribution in [2.45, 2.75) is 44.2 Å². The Balaban J connectivity index is 2.29. The average molecular weight is 287 g/mol. The Bertz CT molecular complexity index is 275. The van der Waals surface area contributed by atoms with E-state index in [9.17, 15) is 4.79 Å². The van der Waals surface area contributed by atoms with E-state index < -0.39 is 0 Å². The molecule has 5 heteroatoms. The second-order valence-corrected chi connectivity index (χ2v) is 6.55. The van der Waals surface area contributed by atoms with Gasteiger partial charge in [-0.05, 0) is 51.3 Å². The minimum absolute atomic E-state index is 0.0903. The number of hydrogen-bond acceptors (Lipinski definition) is 4. The Labute approximate surface area is 122 Å². The Kier molecular flexibility index (Phi) is 7.80. The number of carbonyl (C=O) groups excluding carboxylic acids is 1. The first-order valence-corrected chi connectivity index (χ1v) is 8.65. The van der Waals surface area contributed by atoms with E-state index in [1.165, 1.54) is 25.8 Å². The van der Waals surface area contributed by atoms with Gasteiger partial charge >= 0.3 is 0 Å². The summed E-state index contributed by atoms with van der Waals surface area (Å²) < 4.78 is 0. The number of thioether (sulfide) groups is 1. The van der Waals surface area contributed by atoms with Crippen LogP contribution in [0, 0.1) is 0 Å². The SMILES string of the molecule is CSCC[C@H](N)C(=O)N(C)CCC1CCCCN1C. The Morgan fingerprint density at radius 1 is 1.53 bits per heavy atom. The van der Waals surface area contributed by atoms with Crippen molar-refractivity contribution in [3.63, 3.8) is 0 Å². The van der Waals surface area contributed by atoms with Crippen LogP contribution in [0.2, 0.25) is 0 Å². The molecule has 1 fully saturated rings. The highest BCUT2D eigenvalue weighted by Gasteiger charge is 2.22. The van der Waals surface area contributed by atoms with Gasteiger partial charge < -0.3 is 15.5 Å². The van der Waals surface area contributed by atoms with Crippen LogP contribution < -0.4 is 5.73 Å². The summed E-state index contributed by atoms with van der Waals surface area (Å²) in [6.45, 7) is 2.01. The van der Waals surface area contributed by atoms with E-state index in [0.29, 0.717) is 6.04 Å². The van der Waals surface area contributed by atoms with Gasteiger partial charge in [0.1, 0.15) is 0 Å². The predicted octanol–water partition coefficient (Wildman–Crippen LogP) is 1.40. The molecule has 0 bridgehead atoms. The van der Waals surface area contributed by atoms with Gasteiger partial charge in [0.15, 0.2) is 0 Å². The lowest BCUT2D eigenvalue weighted by molar-refractivity contribution is -0.131. The molecule has 0 radical (unpaired) electrons. The molecular weight excluding hydrogens is 258 g/mol. The molecule has 1 heterocycles. The molecule has 0 aliphatic carbocycles. The smallest absolute Gasteiger partial charge is 0.239 e. The van der Waals surface area contributed by atoms with Gasteiger partial charge in [-0.1, -0.05) is 6.42 Å². The zero-order valence-electron chi connectivity index (χ0n) is 12.6. The van der Waals surface area contributed by atoms with Crippen molar-refractivity contribution in [3.05, 3.63) is 0 Å². The molecule has 2 N–H and O–H groups in total. The first-order valence-electron chi connectivity index (χ1n) is 7.26. The Morgan fingerprint density at radius 2 is 2.26 bits per heavy atom. The third kappa shape index (κ3) is 5.71. The van der Waals surface area contributed by atoms with Gasteiger partial charge in [0.2, 0.25) is 5.91 Å². The molecule has 112 valence electrons. The fraction of sp³-hybridized carbons (Fsp3) is 0.929. The van der Waals surface area contributed by atoms with E-state index in [1.807, 2.05) is 18.2 Å². The Morgan fingerprint density at radius 3 is 2.89 bits per heavy atom. The van der Waals surface area contributed by atoms with Gasteiger partial charge in [0.25, 0.3) is 0 Å². The monoisotopic (exact) mass is 287 g/mol. The molecule has 2 atom stereocenters. The second kappa shape index (κ2) is 8.82. The molecule has 1 rings (SSSR count). The van der Waals surface area contributed by atoms with Gasteiger partial charge in [-0.25, -0.2) is 0 Å². The largest absolute Gasteiger partial charge is 0.344 e. The van der Waals surface area contributed by atoms with Gasteiger partial charge in [0.05, 0.1) is 6.04 Å². The normalized spacial score (nSPS) is 22.2. The van der Waals surface area contributed by atoms with Crippen molar-refractivity contribution in [2.75, 3.05) is 39.2 Å². The topological polar surface area (TPSA) is 49.6 Å². The van der Waals surface area contributed by atoms with E-state index in [-0.39, 0.29) is 11.9 Å². The van der Waals surface area contributed by atoms with E-state index in [2.05, 4.69) is 11.9 Å². The molecule has 1 amide bonds. The summed E-state index contributed by atoms with van der Waals surface area (Å²) in [4.78, 5) is 16.3. The van der Waals surface area contributed by atoms with Crippen LogP contribution in [0.25, 0.3) is 0 Å². The highest BCUT2D eigenvalue weighted by atomic mass is 32.2. The van der Waals surface area contributed by atoms with Crippen LogP contribution in [0.1, 0.15) is 32.1 Å². The number of likely N-dealkylation sites (tertiary alicyclic amines) is 1. The maximum absolute atomic E-state index is 12.1. The fourth-order valence-corrected chi connectivity index (χ4v) is 3.10. The minimum Gasteiger partial charge on any atom is -0.344 e. The lowest BCUT2D eigenvalue weighted by Crippen LogP contribution is -2.44. The number of carbonyl (C=O) groups is 1. The predicted molar refractivity (Wildman–Crippen MR) is 83.5 cm³/mol. The number of likely N-dealkylation sites (N-methyl/N-ethyl adjacent to an activating group) is 1. The van der Waals surface area contributed by atoms with Crippen molar-refractivity contribution >= 4 is 17.7 Å². The summed E-state index contributed by atoms with van der Waals surface area (Å²) in [6.07, 6.45) is 7.76. The van der Waals surface area contributed by atoms with Crippen LogP contribution in [0.4, 0.5) is 0 Å². The summed E-state index contributed by atoms with van der Waals surface area (Å²) in [5.74, 6) is 1.04. The fourth-order valence-electron chi connectivity index (χ4n) is 2.61. The van der Waals surface area contributed by atoms with Crippen LogP contribution in [-0.4, -0.2) is 67.0 Å². The average Bonchev–Trinajstić information content (AvgIpc) is 2.42. The van der Waals surface area contributed by atoms with Crippen LogP contribution >= 0.6 is 11.8 Å². The lowest BCUT2D eigenvalue weighted by Gasteiger charge is -2.33. The molecule has 0 aromatic rings. The molecule has 19 heavy (non-hydrogen) atoms. The second-order valence-electron chi connectivity index (χ2n) is 5.57. The number of rotatable bonds is 7. The van der Waals surface area contributed by atoms with E-state index in [0.717, 1.165) is 25.1 Å². The van der Waals surface area contributed by atoms with E-state index in [1.54, 1.807) is 11.8 Å². The van der Waals surface area contributed by atoms with E-state index in [4.69, 9.17) is 5.73 Å². The standard InChI is InChI=1S/C14H29N3OS/c1-16-9-5-4-6-12(16)7-10-17(2)14(18)13(15)8-11-19-3/h12-13H,4-11,15H2,1-3H3/t12?,13-/m0/s1. The highest BCUT2D eigenvalue weighted by molar-refractivity contribution is 7.98. The van der Waals surface area contributed by atoms with Gasteiger partial charge in [-0.15, -0.1) is 0 Å². The first-order chi connectivity index (χ1) is 9.06. The number of piperidine rings is 1. The molecular formula is C14H29N3OS. The first kappa shape index (κ1) is 16.8. The molecule has 0 aromatic heterocycles. The molecule has 0 spiro atoms. The van der Waals surface area contributed by atoms with Crippen molar-refractivity contribution in [3.8, 4) is 0 Å². The quantitative estimate of drug-likeness (QED) is 0.769. The Hall–Kier alpha value is -0.260. The third-order valence-electron chi connectivity index (χ3n) is 4.05. The minimum atomic E-state index is -0.332.